The highest BCUT2D eigenvalue weighted by Crippen LogP contribution is 2.42. The van der Waals surface area contributed by atoms with Gasteiger partial charge >= 0.3 is 0 Å². The number of likely N-dealkylation sites (N-methyl/N-ethyl adjacent to an activating group) is 1. The molecule has 0 unspecified atom stereocenters. The molecule has 2 fully saturated rings. The first-order valence-corrected chi connectivity index (χ1v) is 9.03. The molecule has 0 aromatic heterocycles. The number of thioether (sulfide) groups is 2. The van der Waals surface area contributed by atoms with Crippen molar-refractivity contribution in [3.05, 3.63) is 39.6 Å². The van der Waals surface area contributed by atoms with E-state index < -0.39 is 0 Å². The van der Waals surface area contributed by atoms with Gasteiger partial charge in [0.2, 0.25) is 0 Å². The van der Waals surface area contributed by atoms with Crippen molar-refractivity contribution >= 4 is 35.2 Å². The number of hydrogen-bond donors (Lipinski definition) is 0. The molecule has 0 bridgehead atoms. The van der Waals surface area contributed by atoms with Crippen LogP contribution in [0.5, 0.6) is 5.75 Å². The maximum Gasteiger partial charge on any atom is 0.259 e. The van der Waals surface area contributed by atoms with Crippen LogP contribution in [-0.2, 0) is 9.59 Å². The Morgan fingerprint density at radius 3 is 2.36 bits per heavy atom. The number of piperidine rings is 1. The highest BCUT2D eigenvalue weighted by Gasteiger charge is 2.38. The Kier molecular flexibility index (Phi) is 4.49. The number of likely N-dealkylation sites (tertiary alicyclic amines) is 1. The number of hydrogen-bond acceptors (Lipinski definition) is 5. The fourth-order valence-corrected chi connectivity index (χ4v) is 5.24. The lowest BCUT2D eigenvalue weighted by Gasteiger charge is -2.33. The van der Waals surface area contributed by atoms with Crippen LogP contribution in [0, 0.1) is 0 Å². The Balaban J connectivity index is 1.89. The summed E-state index contributed by atoms with van der Waals surface area (Å²) in [4.78, 5) is 26.8. The first-order chi connectivity index (χ1) is 10.6. The molecular weight excluding hydrogens is 318 g/mol. The molecule has 6 heteroatoms. The van der Waals surface area contributed by atoms with Gasteiger partial charge in [-0.15, -0.1) is 23.5 Å². The van der Waals surface area contributed by atoms with Gasteiger partial charge in [0, 0.05) is 25.0 Å². The summed E-state index contributed by atoms with van der Waals surface area (Å²) < 4.78 is 6.05. The van der Waals surface area contributed by atoms with Gasteiger partial charge in [0.1, 0.15) is 11.3 Å². The summed E-state index contributed by atoms with van der Waals surface area (Å²) >= 11 is 3.24. The molecule has 4 nitrogen and oxygen atoms in total. The summed E-state index contributed by atoms with van der Waals surface area (Å²) in [6.45, 7) is 0. The summed E-state index contributed by atoms with van der Waals surface area (Å²) in [5.41, 5.74) is 1.35. The molecule has 2 aliphatic heterocycles. The molecule has 0 radical (unpaired) electrons. The maximum absolute atomic E-state index is 12.6. The van der Waals surface area contributed by atoms with Crippen LogP contribution >= 0.6 is 23.5 Å². The minimum Gasteiger partial charge on any atom is -0.497 e. The number of ketones is 1. The summed E-state index contributed by atoms with van der Waals surface area (Å²) in [5.74, 6) is 2.50. The van der Waals surface area contributed by atoms with Crippen molar-refractivity contribution < 1.29 is 14.3 Å². The predicted molar refractivity (Wildman–Crippen MR) is 90.1 cm³/mol. The molecule has 22 heavy (non-hydrogen) atoms. The third kappa shape index (κ3) is 2.77. The monoisotopic (exact) mass is 335 g/mol. The number of amides is 1. The van der Waals surface area contributed by atoms with Crippen LogP contribution < -0.4 is 4.74 Å². The number of carbonyl (C=O) groups excluding carboxylic acids is 2. The number of methoxy groups -OCH3 is 1. The van der Waals surface area contributed by atoms with Crippen molar-refractivity contribution in [3.8, 4) is 5.75 Å². The zero-order valence-corrected chi connectivity index (χ0v) is 14.1. The molecule has 116 valence electrons. The van der Waals surface area contributed by atoms with E-state index in [1.165, 1.54) is 0 Å². The van der Waals surface area contributed by atoms with Crippen LogP contribution in [0.15, 0.2) is 34.1 Å². The van der Waals surface area contributed by atoms with Gasteiger partial charge in [-0.1, -0.05) is 12.1 Å². The Bertz CT molecular complexity index is 631. The fraction of sp³-hybridized carbons (Fsp3) is 0.375. The molecule has 1 amide bonds. The fourth-order valence-electron chi connectivity index (χ4n) is 2.68. The van der Waals surface area contributed by atoms with Crippen LogP contribution in [0.4, 0.5) is 0 Å². The molecule has 1 atom stereocenters. The van der Waals surface area contributed by atoms with E-state index in [0.717, 1.165) is 27.1 Å². The summed E-state index contributed by atoms with van der Waals surface area (Å²) in [7, 11) is 3.39. The molecule has 2 aliphatic rings. The number of carbonyl (C=O) groups is 2. The van der Waals surface area contributed by atoms with Gasteiger partial charge in [-0.2, -0.15) is 0 Å². The SMILES string of the molecule is COc1ccc([C@@H]2CC(=O)C(=C3SCCS3)C(=O)N2C)cc1. The van der Waals surface area contributed by atoms with Crippen molar-refractivity contribution in [3.63, 3.8) is 0 Å². The molecule has 0 N–H and O–H groups in total. The van der Waals surface area contributed by atoms with Gasteiger partial charge < -0.3 is 9.64 Å². The standard InChI is InChI=1S/C16H17NO3S2/c1-17-12(10-3-5-11(20-2)6-4-10)9-13(18)14(15(17)19)16-21-7-8-22-16/h3-6,12H,7-9H2,1-2H3/t12-/m0/s1. The van der Waals surface area contributed by atoms with Crippen molar-refractivity contribution in [1.82, 2.24) is 4.90 Å². The quantitative estimate of drug-likeness (QED) is 0.614. The second kappa shape index (κ2) is 6.38. The Labute approximate surface area is 138 Å². The number of Topliss-reactive ketones (excluding diaryl/α,β-unsaturated/α-hetero) is 1. The molecule has 0 spiro atoms. The molecule has 1 aromatic rings. The van der Waals surface area contributed by atoms with Gasteiger partial charge in [0.25, 0.3) is 5.91 Å². The highest BCUT2D eigenvalue weighted by atomic mass is 32.2. The van der Waals surface area contributed by atoms with Crippen molar-refractivity contribution in [2.45, 2.75) is 12.5 Å². The number of rotatable bonds is 2. The van der Waals surface area contributed by atoms with E-state index in [1.807, 2.05) is 24.3 Å². The van der Waals surface area contributed by atoms with E-state index in [2.05, 4.69) is 0 Å². The zero-order valence-electron chi connectivity index (χ0n) is 12.5. The topological polar surface area (TPSA) is 46.6 Å². The minimum atomic E-state index is -0.202. The molecule has 0 aliphatic carbocycles. The van der Waals surface area contributed by atoms with Crippen LogP contribution in [-0.4, -0.2) is 42.3 Å². The smallest absolute Gasteiger partial charge is 0.259 e. The highest BCUT2D eigenvalue weighted by molar-refractivity contribution is 8.25. The first kappa shape index (κ1) is 15.5. The van der Waals surface area contributed by atoms with E-state index in [4.69, 9.17) is 4.74 Å². The number of nitrogens with zero attached hydrogens (tertiary/aromatic N) is 1. The van der Waals surface area contributed by atoms with Crippen molar-refractivity contribution in [2.24, 2.45) is 0 Å². The van der Waals surface area contributed by atoms with Crippen LogP contribution in [0.1, 0.15) is 18.0 Å². The minimum absolute atomic E-state index is 0.0409. The average molecular weight is 335 g/mol. The second-order valence-corrected chi connectivity index (χ2v) is 7.66. The molecule has 0 saturated carbocycles. The van der Waals surface area contributed by atoms with Crippen molar-refractivity contribution in [2.75, 3.05) is 25.7 Å². The maximum atomic E-state index is 12.6. The third-order valence-electron chi connectivity index (χ3n) is 3.91. The number of benzene rings is 1. The lowest BCUT2D eigenvalue weighted by molar-refractivity contribution is -0.135. The predicted octanol–water partition coefficient (Wildman–Crippen LogP) is 2.86. The van der Waals surface area contributed by atoms with E-state index in [0.29, 0.717) is 12.0 Å². The molecular formula is C16H17NO3S2. The summed E-state index contributed by atoms with van der Waals surface area (Å²) in [5, 5.41) is 0. The second-order valence-electron chi connectivity index (χ2n) is 5.19. The van der Waals surface area contributed by atoms with Crippen LogP contribution in [0.2, 0.25) is 0 Å². The van der Waals surface area contributed by atoms with E-state index >= 15 is 0 Å². The third-order valence-corrected chi connectivity index (χ3v) is 6.63. The molecule has 1 aromatic carbocycles. The van der Waals surface area contributed by atoms with E-state index in [9.17, 15) is 9.59 Å². The largest absolute Gasteiger partial charge is 0.497 e. The van der Waals surface area contributed by atoms with E-state index in [1.54, 1.807) is 42.6 Å². The zero-order chi connectivity index (χ0) is 15.7. The number of ether oxygens (including phenoxy) is 1. The average Bonchev–Trinajstić information content (AvgIpc) is 3.05. The van der Waals surface area contributed by atoms with Gasteiger partial charge in [-0.25, -0.2) is 0 Å². The molecule has 2 heterocycles. The Hall–Kier alpha value is -1.40. The lowest BCUT2D eigenvalue weighted by atomic mass is 9.92. The van der Waals surface area contributed by atoms with Gasteiger partial charge in [-0.05, 0) is 17.7 Å². The Morgan fingerprint density at radius 2 is 1.77 bits per heavy atom. The van der Waals surface area contributed by atoms with Crippen LogP contribution in [0.25, 0.3) is 0 Å². The van der Waals surface area contributed by atoms with Crippen LogP contribution in [0.3, 0.4) is 0 Å². The summed E-state index contributed by atoms with van der Waals surface area (Å²) in [6, 6.07) is 7.34. The molecule has 2 saturated heterocycles. The van der Waals surface area contributed by atoms with E-state index in [-0.39, 0.29) is 17.7 Å². The van der Waals surface area contributed by atoms with Gasteiger partial charge in [0.15, 0.2) is 5.78 Å². The van der Waals surface area contributed by atoms with Gasteiger partial charge in [-0.3, -0.25) is 9.59 Å². The summed E-state index contributed by atoms with van der Waals surface area (Å²) in [6.07, 6.45) is 0.342. The van der Waals surface area contributed by atoms with Crippen molar-refractivity contribution in [1.29, 1.82) is 0 Å². The Morgan fingerprint density at radius 1 is 1.14 bits per heavy atom. The molecule has 3 rings (SSSR count). The lowest BCUT2D eigenvalue weighted by Crippen LogP contribution is -2.41. The first-order valence-electron chi connectivity index (χ1n) is 7.06. The van der Waals surface area contributed by atoms with Gasteiger partial charge in [0.05, 0.1) is 17.4 Å². The normalized spacial score (nSPS) is 22.5.